The van der Waals surface area contributed by atoms with Crippen LogP contribution in [0.1, 0.15) is 12.6 Å². The van der Waals surface area contributed by atoms with E-state index in [1.54, 1.807) is 6.20 Å². The summed E-state index contributed by atoms with van der Waals surface area (Å²) in [5, 5.41) is 4.23. The molecule has 0 saturated carbocycles. The molecule has 1 aliphatic heterocycles. The summed E-state index contributed by atoms with van der Waals surface area (Å²) in [6.07, 6.45) is 2.95. The molecule has 0 bridgehead atoms. The average Bonchev–Trinajstić information content (AvgIpc) is 2.63. The lowest BCUT2D eigenvalue weighted by molar-refractivity contribution is 0.0966. The monoisotopic (exact) mass is 273 g/mol. The van der Waals surface area contributed by atoms with Crippen LogP contribution in [0.15, 0.2) is 12.3 Å². The van der Waals surface area contributed by atoms with Crippen LogP contribution in [0.2, 0.25) is 0 Å². The number of aromatic nitrogens is 2. The first-order chi connectivity index (χ1) is 8.50. The van der Waals surface area contributed by atoms with Crippen molar-refractivity contribution in [3.8, 4) is 0 Å². The highest BCUT2D eigenvalue weighted by Gasteiger charge is 2.27. The highest BCUT2D eigenvalue weighted by molar-refractivity contribution is 7.88. The summed E-state index contributed by atoms with van der Waals surface area (Å²) in [7, 11) is -3.19. The maximum absolute atomic E-state index is 11.7. The zero-order chi connectivity index (χ0) is 13.2. The second kappa shape index (κ2) is 5.38. The standard InChI is InChI=1S/C11H19N3O3S/c1-3-17-9-10-6-13(18(2,15)16)8-11-4-5-12-14(11)7-10/h4-5,10H,3,6-9H2,1-2H3. The predicted octanol–water partition coefficient (Wildman–Crippen LogP) is 0.311. The highest BCUT2D eigenvalue weighted by atomic mass is 32.2. The van der Waals surface area contributed by atoms with Gasteiger partial charge in [0.1, 0.15) is 0 Å². The summed E-state index contributed by atoms with van der Waals surface area (Å²) >= 11 is 0. The highest BCUT2D eigenvalue weighted by Crippen LogP contribution is 2.18. The summed E-state index contributed by atoms with van der Waals surface area (Å²) in [6.45, 7) is 4.71. The molecule has 0 amide bonds. The molecule has 0 spiro atoms. The molecule has 18 heavy (non-hydrogen) atoms. The molecular formula is C11H19N3O3S. The van der Waals surface area contributed by atoms with Crippen molar-refractivity contribution in [1.82, 2.24) is 14.1 Å². The molecule has 2 rings (SSSR count). The lowest BCUT2D eigenvalue weighted by Crippen LogP contribution is -2.34. The van der Waals surface area contributed by atoms with Crippen LogP contribution in [0.25, 0.3) is 0 Å². The topological polar surface area (TPSA) is 64.4 Å². The molecule has 6 nitrogen and oxygen atoms in total. The molecule has 2 heterocycles. The molecule has 1 aromatic rings. The fraction of sp³-hybridized carbons (Fsp3) is 0.727. The number of hydrogen-bond donors (Lipinski definition) is 0. The summed E-state index contributed by atoms with van der Waals surface area (Å²) < 4.78 is 32.3. The number of sulfonamides is 1. The third-order valence-corrected chi connectivity index (χ3v) is 4.28. The molecule has 1 aliphatic rings. The van der Waals surface area contributed by atoms with E-state index in [2.05, 4.69) is 5.10 Å². The first-order valence-corrected chi connectivity index (χ1v) is 7.89. The van der Waals surface area contributed by atoms with Gasteiger partial charge in [0, 0.05) is 31.8 Å². The molecular weight excluding hydrogens is 254 g/mol. The Balaban J connectivity index is 2.21. The van der Waals surface area contributed by atoms with Crippen LogP contribution in [0.5, 0.6) is 0 Å². The minimum absolute atomic E-state index is 0.140. The van der Waals surface area contributed by atoms with E-state index in [1.165, 1.54) is 10.6 Å². The minimum atomic E-state index is -3.19. The number of hydrogen-bond acceptors (Lipinski definition) is 4. The Kier molecular flexibility index (Phi) is 4.04. The van der Waals surface area contributed by atoms with E-state index < -0.39 is 10.0 Å². The molecule has 0 aromatic carbocycles. The number of nitrogens with zero attached hydrogens (tertiary/aromatic N) is 3. The molecule has 0 radical (unpaired) electrons. The quantitative estimate of drug-likeness (QED) is 0.792. The van der Waals surface area contributed by atoms with Gasteiger partial charge in [0.2, 0.25) is 10.0 Å². The van der Waals surface area contributed by atoms with Gasteiger partial charge in [-0.15, -0.1) is 0 Å². The van der Waals surface area contributed by atoms with Crippen LogP contribution in [0.4, 0.5) is 0 Å². The zero-order valence-corrected chi connectivity index (χ0v) is 11.6. The molecule has 7 heteroatoms. The SMILES string of the molecule is CCOCC1CN(S(C)(=O)=O)Cc2ccnn2C1. The van der Waals surface area contributed by atoms with E-state index in [0.717, 1.165) is 5.69 Å². The smallest absolute Gasteiger partial charge is 0.211 e. The molecule has 0 fully saturated rings. The maximum atomic E-state index is 11.7. The van der Waals surface area contributed by atoms with E-state index in [4.69, 9.17) is 4.74 Å². The Morgan fingerprint density at radius 1 is 1.50 bits per heavy atom. The first-order valence-electron chi connectivity index (χ1n) is 6.04. The fourth-order valence-electron chi connectivity index (χ4n) is 2.14. The van der Waals surface area contributed by atoms with E-state index >= 15 is 0 Å². The van der Waals surface area contributed by atoms with Gasteiger partial charge in [-0.2, -0.15) is 9.40 Å². The molecule has 0 aliphatic carbocycles. The molecule has 102 valence electrons. The normalized spacial score (nSPS) is 21.6. The Morgan fingerprint density at radius 3 is 2.94 bits per heavy atom. The van der Waals surface area contributed by atoms with E-state index in [0.29, 0.717) is 32.8 Å². The summed E-state index contributed by atoms with van der Waals surface area (Å²) in [5.41, 5.74) is 0.930. The first kappa shape index (κ1) is 13.5. The Hall–Kier alpha value is -0.920. The average molecular weight is 273 g/mol. The molecule has 0 saturated heterocycles. The van der Waals surface area contributed by atoms with Gasteiger partial charge in [-0.3, -0.25) is 4.68 Å². The van der Waals surface area contributed by atoms with Crippen molar-refractivity contribution >= 4 is 10.0 Å². The van der Waals surface area contributed by atoms with Crippen molar-refractivity contribution in [1.29, 1.82) is 0 Å². The van der Waals surface area contributed by atoms with Crippen molar-refractivity contribution < 1.29 is 13.2 Å². The van der Waals surface area contributed by atoms with E-state index in [9.17, 15) is 8.42 Å². The van der Waals surface area contributed by atoms with E-state index in [1.807, 2.05) is 17.7 Å². The van der Waals surface area contributed by atoms with Gasteiger partial charge >= 0.3 is 0 Å². The van der Waals surface area contributed by atoms with Crippen molar-refractivity contribution in [2.24, 2.45) is 5.92 Å². The van der Waals surface area contributed by atoms with Crippen molar-refractivity contribution in [2.75, 3.05) is 26.0 Å². The third kappa shape index (κ3) is 3.09. The van der Waals surface area contributed by atoms with Crippen molar-refractivity contribution in [3.63, 3.8) is 0 Å². The van der Waals surface area contributed by atoms with Crippen LogP contribution in [-0.2, 0) is 27.8 Å². The van der Waals surface area contributed by atoms with Crippen molar-refractivity contribution in [3.05, 3.63) is 18.0 Å². The Morgan fingerprint density at radius 2 is 2.28 bits per heavy atom. The van der Waals surface area contributed by atoms with Gasteiger partial charge in [0.25, 0.3) is 0 Å². The van der Waals surface area contributed by atoms with Gasteiger partial charge in [0.15, 0.2) is 0 Å². The third-order valence-electron chi connectivity index (χ3n) is 3.06. The molecule has 0 N–H and O–H groups in total. The second-order valence-corrected chi connectivity index (χ2v) is 6.57. The lowest BCUT2D eigenvalue weighted by Gasteiger charge is -2.21. The summed E-state index contributed by atoms with van der Waals surface area (Å²) in [5.74, 6) is 0.140. The number of rotatable bonds is 4. The lowest BCUT2D eigenvalue weighted by atomic mass is 10.1. The second-order valence-electron chi connectivity index (χ2n) is 4.59. The van der Waals surface area contributed by atoms with Crippen LogP contribution in [0, 0.1) is 5.92 Å². The zero-order valence-electron chi connectivity index (χ0n) is 10.7. The summed E-state index contributed by atoms with van der Waals surface area (Å²) in [6, 6.07) is 1.86. The maximum Gasteiger partial charge on any atom is 0.211 e. The van der Waals surface area contributed by atoms with E-state index in [-0.39, 0.29) is 5.92 Å². The molecule has 1 atom stereocenters. The molecule has 1 unspecified atom stereocenters. The Labute approximate surface area is 108 Å². The van der Waals surface area contributed by atoms with Gasteiger partial charge in [-0.05, 0) is 13.0 Å². The van der Waals surface area contributed by atoms with Crippen LogP contribution in [0.3, 0.4) is 0 Å². The van der Waals surface area contributed by atoms with Crippen LogP contribution < -0.4 is 0 Å². The number of ether oxygens (including phenoxy) is 1. The summed E-state index contributed by atoms with van der Waals surface area (Å²) in [4.78, 5) is 0. The predicted molar refractivity (Wildman–Crippen MR) is 67.5 cm³/mol. The van der Waals surface area contributed by atoms with Crippen molar-refractivity contribution in [2.45, 2.75) is 20.0 Å². The fourth-order valence-corrected chi connectivity index (χ4v) is 2.99. The van der Waals surface area contributed by atoms with Crippen LogP contribution >= 0.6 is 0 Å². The van der Waals surface area contributed by atoms with Gasteiger partial charge in [-0.25, -0.2) is 8.42 Å². The van der Waals surface area contributed by atoms with Crippen LogP contribution in [-0.4, -0.2) is 48.5 Å². The number of fused-ring (bicyclic) bond motifs is 1. The Bertz CT molecular complexity index is 497. The van der Waals surface area contributed by atoms with Gasteiger partial charge in [-0.1, -0.05) is 0 Å². The minimum Gasteiger partial charge on any atom is -0.381 e. The van der Waals surface area contributed by atoms with Gasteiger partial charge in [0.05, 0.1) is 25.1 Å². The largest absolute Gasteiger partial charge is 0.381 e. The molecule has 1 aromatic heterocycles. The van der Waals surface area contributed by atoms with Gasteiger partial charge < -0.3 is 4.74 Å².